The Labute approximate surface area is 129 Å². The average molecular weight is 301 g/mol. The largest absolute Gasteiger partial charge is 0.477 e. The van der Waals surface area contributed by atoms with Crippen LogP contribution in [0.15, 0.2) is 37.6 Å². The van der Waals surface area contributed by atoms with Gasteiger partial charge in [0.2, 0.25) is 0 Å². The molecule has 2 amide bonds. The van der Waals surface area contributed by atoms with Crippen LogP contribution in [-0.2, 0) is 13.0 Å². The lowest BCUT2D eigenvalue weighted by molar-refractivity contribution is 0.0686. The van der Waals surface area contributed by atoms with Gasteiger partial charge >= 0.3 is 12.0 Å². The van der Waals surface area contributed by atoms with Crippen molar-refractivity contribution in [1.29, 1.82) is 0 Å². The average Bonchev–Trinajstić information content (AvgIpc) is 2.52. The number of hydrogen-bond acceptors (Lipinski definition) is 3. The molecule has 0 spiro atoms. The lowest BCUT2D eigenvalue weighted by Crippen LogP contribution is -2.45. The lowest BCUT2D eigenvalue weighted by atomic mass is 9.99. The fourth-order valence-electron chi connectivity index (χ4n) is 2.56. The van der Waals surface area contributed by atoms with E-state index in [2.05, 4.69) is 18.1 Å². The number of hydrogen-bond donors (Lipinski definition) is 1. The minimum atomic E-state index is -1.07. The number of carboxylic acids is 1. The second-order valence-corrected chi connectivity index (χ2v) is 5.04. The van der Waals surface area contributed by atoms with Crippen LogP contribution < -0.4 is 0 Å². The molecule has 0 radical (unpaired) electrons. The number of pyridine rings is 1. The highest BCUT2D eigenvalue weighted by Crippen LogP contribution is 2.22. The number of carbonyl (C=O) groups excluding carboxylic acids is 1. The summed E-state index contributed by atoms with van der Waals surface area (Å²) in [6.07, 6.45) is 5.44. The summed E-state index contributed by atoms with van der Waals surface area (Å²) in [7, 11) is 0. The Balaban J connectivity index is 2.23. The van der Waals surface area contributed by atoms with Crippen LogP contribution in [0, 0.1) is 0 Å². The monoisotopic (exact) mass is 301 g/mol. The van der Waals surface area contributed by atoms with E-state index in [0.29, 0.717) is 31.6 Å². The first-order chi connectivity index (χ1) is 10.6. The van der Waals surface area contributed by atoms with Crippen molar-refractivity contribution in [2.45, 2.75) is 13.0 Å². The van der Waals surface area contributed by atoms with Crippen LogP contribution in [0.2, 0.25) is 0 Å². The molecule has 0 saturated carbocycles. The first-order valence-corrected chi connectivity index (χ1v) is 7.04. The van der Waals surface area contributed by atoms with Crippen molar-refractivity contribution in [2.24, 2.45) is 0 Å². The van der Waals surface area contributed by atoms with Crippen LogP contribution in [0.1, 0.15) is 21.6 Å². The fourth-order valence-corrected chi connectivity index (χ4v) is 2.56. The van der Waals surface area contributed by atoms with E-state index in [1.165, 1.54) is 6.20 Å². The topological polar surface area (TPSA) is 73.7 Å². The van der Waals surface area contributed by atoms with Crippen LogP contribution >= 0.6 is 0 Å². The van der Waals surface area contributed by atoms with E-state index < -0.39 is 5.97 Å². The second kappa shape index (κ2) is 6.89. The summed E-state index contributed by atoms with van der Waals surface area (Å²) in [6, 6.07) is 1.67. The minimum absolute atomic E-state index is 0.0222. The quantitative estimate of drug-likeness (QED) is 0.843. The Morgan fingerprint density at radius 3 is 2.64 bits per heavy atom. The Bertz CT molecular complexity index is 603. The maximum Gasteiger partial charge on any atom is 0.354 e. The van der Waals surface area contributed by atoms with Gasteiger partial charge in [0.15, 0.2) is 5.69 Å². The molecule has 0 aliphatic carbocycles. The van der Waals surface area contributed by atoms with Crippen LogP contribution in [0.3, 0.4) is 0 Å². The van der Waals surface area contributed by atoms with E-state index >= 15 is 0 Å². The number of aromatic carboxylic acids is 1. The van der Waals surface area contributed by atoms with Gasteiger partial charge in [-0.25, -0.2) is 14.6 Å². The molecular weight excluding hydrogens is 282 g/mol. The zero-order chi connectivity index (χ0) is 16.1. The van der Waals surface area contributed by atoms with Gasteiger partial charge in [-0.15, -0.1) is 13.2 Å². The van der Waals surface area contributed by atoms with Crippen LogP contribution in [0.5, 0.6) is 0 Å². The zero-order valence-electron chi connectivity index (χ0n) is 12.4. The molecule has 0 bridgehead atoms. The summed E-state index contributed by atoms with van der Waals surface area (Å²) in [5, 5.41) is 9.24. The summed E-state index contributed by atoms with van der Waals surface area (Å²) >= 11 is 0. The van der Waals surface area contributed by atoms with Gasteiger partial charge < -0.3 is 14.9 Å². The molecule has 0 aromatic carbocycles. The predicted octanol–water partition coefficient (Wildman–Crippen LogP) is 1.93. The maximum absolute atomic E-state index is 12.6. The highest BCUT2D eigenvalue weighted by Gasteiger charge is 2.27. The van der Waals surface area contributed by atoms with E-state index in [0.717, 1.165) is 5.56 Å². The van der Waals surface area contributed by atoms with Crippen LogP contribution in [0.4, 0.5) is 4.79 Å². The summed E-state index contributed by atoms with van der Waals surface area (Å²) in [4.78, 5) is 31.0. The smallest absolute Gasteiger partial charge is 0.354 e. The third-order valence-corrected chi connectivity index (χ3v) is 3.60. The Hall–Kier alpha value is -2.63. The SMILES string of the molecule is C=CCN(CC=C)C(=O)N1CCc2ccnc(C(=O)O)c2C1. The van der Waals surface area contributed by atoms with Crippen LogP contribution in [0.25, 0.3) is 0 Å². The van der Waals surface area contributed by atoms with Crippen molar-refractivity contribution in [3.05, 3.63) is 54.4 Å². The van der Waals surface area contributed by atoms with E-state index in [-0.39, 0.29) is 18.3 Å². The Kier molecular flexibility index (Phi) is 4.93. The molecule has 1 aliphatic heterocycles. The van der Waals surface area contributed by atoms with Gasteiger partial charge in [-0.1, -0.05) is 12.2 Å². The molecule has 2 rings (SSSR count). The number of rotatable bonds is 5. The third kappa shape index (κ3) is 3.16. The molecule has 1 aliphatic rings. The van der Waals surface area contributed by atoms with Gasteiger partial charge in [-0.2, -0.15) is 0 Å². The summed E-state index contributed by atoms with van der Waals surface area (Å²) in [6.45, 7) is 8.96. The molecule has 1 N–H and O–H groups in total. The number of carbonyl (C=O) groups is 2. The summed E-state index contributed by atoms with van der Waals surface area (Å²) in [5.74, 6) is -1.07. The number of fused-ring (bicyclic) bond motifs is 1. The molecular formula is C16H19N3O3. The van der Waals surface area contributed by atoms with Crippen LogP contribution in [-0.4, -0.2) is 51.5 Å². The van der Waals surface area contributed by atoms with Crippen molar-refractivity contribution in [3.8, 4) is 0 Å². The molecule has 116 valence electrons. The van der Waals surface area contributed by atoms with Crippen molar-refractivity contribution in [2.75, 3.05) is 19.6 Å². The maximum atomic E-state index is 12.6. The molecule has 22 heavy (non-hydrogen) atoms. The summed E-state index contributed by atoms with van der Waals surface area (Å²) < 4.78 is 0. The van der Waals surface area contributed by atoms with E-state index in [9.17, 15) is 14.7 Å². The molecule has 1 aromatic heterocycles. The van der Waals surface area contributed by atoms with Gasteiger partial charge in [0.1, 0.15) is 0 Å². The van der Waals surface area contributed by atoms with E-state index in [4.69, 9.17) is 0 Å². The molecule has 6 heteroatoms. The molecule has 0 fully saturated rings. The van der Waals surface area contributed by atoms with Gasteiger partial charge in [0, 0.05) is 31.4 Å². The van der Waals surface area contributed by atoms with Gasteiger partial charge in [-0.05, 0) is 18.1 Å². The highest BCUT2D eigenvalue weighted by atomic mass is 16.4. The standard InChI is InChI=1S/C16H19N3O3/c1-3-8-18(9-4-2)16(22)19-10-6-12-5-7-17-14(15(20)21)13(12)11-19/h3-5,7H,1-2,6,8-11H2,(H,20,21). The number of carboxylic acid groups (broad SMARTS) is 1. The first-order valence-electron chi connectivity index (χ1n) is 7.04. The number of nitrogens with zero attached hydrogens (tertiary/aromatic N) is 3. The molecule has 0 unspecified atom stereocenters. The molecule has 1 aromatic rings. The summed E-state index contributed by atoms with van der Waals surface area (Å²) in [5.41, 5.74) is 1.58. The third-order valence-electron chi connectivity index (χ3n) is 3.60. The molecule has 0 saturated heterocycles. The van der Waals surface area contributed by atoms with E-state index in [1.807, 2.05) is 6.07 Å². The molecule has 2 heterocycles. The van der Waals surface area contributed by atoms with Crippen molar-refractivity contribution in [1.82, 2.24) is 14.8 Å². The lowest BCUT2D eigenvalue weighted by Gasteiger charge is -2.33. The highest BCUT2D eigenvalue weighted by molar-refractivity contribution is 5.88. The van der Waals surface area contributed by atoms with Crippen molar-refractivity contribution >= 4 is 12.0 Å². The molecule has 0 atom stereocenters. The fraction of sp³-hybridized carbons (Fsp3) is 0.312. The van der Waals surface area contributed by atoms with Crippen molar-refractivity contribution < 1.29 is 14.7 Å². The second-order valence-electron chi connectivity index (χ2n) is 5.04. The zero-order valence-corrected chi connectivity index (χ0v) is 12.4. The van der Waals surface area contributed by atoms with Crippen molar-refractivity contribution in [3.63, 3.8) is 0 Å². The van der Waals surface area contributed by atoms with Gasteiger partial charge in [-0.3, -0.25) is 0 Å². The van der Waals surface area contributed by atoms with Gasteiger partial charge in [0.05, 0.1) is 6.54 Å². The number of amides is 2. The molecule has 6 nitrogen and oxygen atoms in total. The Morgan fingerprint density at radius 1 is 1.36 bits per heavy atom. The number of urea groups is 1. The Morgan fingerprint density at radius 2 is 2.05 bits per heavy atom. The van der Waals surface area contributed by atoms with E-state index in [1.54, 1.807) is 22.0 Å². The minimum Gasteiger partial charge on any atom is -0.477 e. The van der Waals surface area contributed by atoms with Gasteiger partial charge in [0.25, 0.3) is 0 Å². The first kappa shape index (κ1) is 15.8. The normalized spacial score (nSPS) is 13.2. The predicted molar refractivity (Wildman–Crippen MR) is 82.7 cm³/mol. The number of aromatic nitrogens is 1.